The molecule has 1 saturated heterocycles. The van der Waals surface area contributed by atoms with Crippen LogP contribution in [0.3, 0.4) is 0 Å². The standard InChI is InChI=1S/C22H28N4OS/c1-2-3-13-26-19-10-9-17(23-22(27)20-8-7-14-28-20)15-18(19)24-21(26)16-25-11-5-4-6-12-25/h7-10,14-15H,2-6,11-13,16H2,1H3,(H,23,27). The Labute approximate surface area is 170 Å². The van der Waals surface area contributed by atoms with E-state index in [1.165, 1.54) is 43.7 Å². The summed E-state index contributed by atoms with van der Waals surface area (Å²) in [6, 6.07) is 9.83. The van der Waals surface area contributed by atoms with E-state index in [0.717, 1.165) is 53.4 Å². The van der Waals surface area contributed by atoms with Crippen LogP contribution in [0.25, 0.3) is 11.0 Å². The highest BCUT2D eigenvalue weighted by molar-refractivity contribution is 7.12. The fraction of sp³-hybridized carbons (Fsp3) is 0.455. The second kappa shape index (κ2) is 8.88. The summed E-state index contributed by atoms with van der Waals surface area (Å²) in [5.74, 6) is 1.08. The molecule has 0 aliphatic carbocycles. The summed E-state index contributed by atoms with van der Waals surface area (Å²) in [5.41, 5.74) is 2.93. The molecule has 0 unspecified atom stereocenters. The molecule has 148 valence electrons. The fourth-order valence-corrected chi connectivity index (χ4v) is 4.48. The third kappa shape index (κ3) is 4.28. The lowest BCUT2D eigenvalue weighted by atomic mass is 10.1. The minimum Gasteiger partial charge on any atom is -0.327 e. The van der Waals surface area contributed by atoms with Gasteiger partial charge < -0.3 is 9.88 Å². The predicted octanol–water partition coefficient (Wildman–Crippen LogP) is 5.14. The first kappa shape index (κ1) is 19.2. The van der Waals surface area contributed by atoms with Gasteiger partial charge in [0.25, 0.3) is 5.91 Å². The molecule has 3 aromatic rings. The van der Waals surface area contributed by atoms with E-state index >= 15 is 0 Å². The molecular formula is C22H28N4OS. The van der Waals surface area contributed by atoms with Crippen LogP contribution in [0, 0.1) is 0 Å². The van der Waals surface area contributed by atoms with Gasteiger partial charge in [-0.05, 0) is 62.0 Å². The maximum atomic E-state index is 12.4. The van der Waals surface area contributed by atoms with Crippen molar-refractivity contribution in [2.24, 2.45) is 0 Å². The highest BCUT2D eigenvalue weighted by Crippen LogP contribution is 2.24. The topological polar surface area (TPSA) is 50.2 Å². The molecule has 1 aliphatic heterocycles. The van der Waals surface area contributed by atoms with Crippen molar-refractivity contribution in [3.05, 3.63) is 46.4 Å². The lowest BCUT2D eigenvalue weighted by molar-refractivity contribution is 0.103. The predicted molar refractivity (Wildman–Crippen MR) is 116 cm³/mol. The van der Waals surface area contributed by atoms with E-state index in [-0.39, 0.29) is 5.91 Å². The van der Waals surface area contributed by atoms with Crippen molar-refractivity contribution in [2.45, 2.75) is 52.1 Å². The van der Waals surface area contributed by atoms with Crippen molar-refractivity contribution in [3.63, 3.8) is 0 Å². The number of aryl methyl sites for hydroxylation is 1. The first-order valence-corrected chi connectivity index (χ1v) is 11.2. The number of unbranched alkanes of at least 4 members (excludes halogenated alkanes) is 1. The summed E-state index contributed by atoms with van der Waals surface area (Å²) in [4.78, 5) is 20.6. The highest BCUT2D eigenvalue weighted by Gasteiger charge is 2.17. The molecular weight excluding hydrogens is 368 g/mol. The summed E-state index contributed by atoms with van der Waals surface area (Å²) in [5, 5.41) is 4.92. The van der Waals surface area contributed by atoms with Gasteiger partial charge in [0.2, 0.25) is 0 Å². The Kier molecular flexibility index (Phi) is 6.07. The number of rotatable bonds is 7. The minimum absolute atomic E-state index is 0.0618. The number of fused-ring (bicyclic) bond motifs is 1. The van der Waals surface area contributed by atoms with Crippen LogP contribution in [0.2, 0.25) is 0 Å². The molecule has 4 rings (SSSR count). The maximum absolute atomic E-state index is 12.4. The van der Waals surface area contributed by atoms with Crippen molar-refractivity contribution < 1.29 is 4.79 Å². The van der Waals surface area contributed by atoms with Crippen molar-refractivity contribution >= 4 is 34.0 Å². The van der Waals surface area contributed by atoms with E-state index in [1.807, 2.05) is 29.6 Å². The van der Waals surface area contributed by atoms with Gasteiger partial charge in [-0.25, -0.2) is 4.98 Å². The van der Waals surface area contributed by atoms with Gasteiger partial charge in [-0.1, -0.05) is 25.8 Å². The second-order valence-electron chi connectivity index (χ2n) is 7.50. The summed E-state index contributed by atoms with van der Waals surface area (Å²) in [6.45, 7) is 6.46. The molecule has 0 saturated carbocycles. The van der Waals surface area contributed by atoms with E-state index in [9.17, 15) is 4.79 Å². The third-order valence-electron chi connectivity index (χ3n) is 5.38. The summed E-state index contributed by atoms with van der Waals surface area (Å²) >= 11 is 1.45. The molecule has 0 bridgehead atoms. The quantitative estimate of drug-likeness (QED) is 0.602. The smallest absolute Gasteiger partial charge is 0.265 e. The number of anilines is 1. The molecule has 5 nitrogen and oxygen atoms in total. The van der Waals surface area contributed by atoms with E-state index in [4.69, 9.17) is 4.98 Å². The number of aromatic nitrogens is 2. The Balaban J connectivity index is 1.59. The van der Waals surface area contributed by atoms with Crippen LogP contribution in [0.5, 0.6) is 0 Å². The first-order valence-electron chi connectivity index (χ1n) is 10.3. The summed E-state index contributed by atoms with van der Waals surface area (Å²) in [6.07, 6.45) is 6.23. The molecule has 1 amide bonds. The number of nitrogens with zero attached hydrogens (tertiary/aromatic N) is 3. The molecule has 28 heavy (non-hydrogen) atoms. The van der Waals surface area contributed by atoms with Gasteiger partial charge in [-0.2, -0.15) is 0 Å². The van der Waals surface area contributed by atoms with Crippen LogP contribution < -0.4 is 5.32 Å². The van der Waals surface area contributed by atoms with Crippen molar-refractivity contribution in [3.8, 4) is 0 Å². The molecule has 2 aromatic heterocycles. The Hall–Kier alpha value is -2.18. The van der Waals surface area contributed by atoms with Crippen molar-refractivity contribution in [2.75, 3.05) is 18.4 Å². The Bertz CT molecular complexity index is 926. The average molecular weight is 397 g/mol. The molecule has 0 spiro atoms. The first-order chi connectivity index (χ1) is 13.7. The molecule has 1 aromatic carbocycles. The molecule has 1 fully saturated rings. The van der Waals surface area contributed by atoms with Gasteiger partial charge in [0.15, 0.2) is 0 Å². The lowest BCUT2D eigenvalue weighted by Crippen LogP contribution is -2.30. The zero-order valence-corrected chi connectivity index (χ0v) is 17.3. The minimum atomic E-state index is -0.0618. The van der Waals surface area contributed by atoms with Crippen LogP contribution in [0.15, 0.2) is 35.7 Å². The molecule has 3 heterocycles. The normalized spacial score (nSPS) is 15.2. The highest BCUT2D eigenvalue weighted by atomic mass is 32.1. The van der Waals surface area contributed by atoms with E-state index in [0.29, 0.717) is 0 Å². The second-order valence-corrected chi connectivity index (χ2v) is 8.45. The maximum Gasteiger partial charge on any atom is 0.265 e. The lowest BCUT2D eigenvalue weighted by Gasteiger charge is -2.26. The number of piperidine rings is 1. The zero-order valence-electron chi connectivity index (χ0n) is 16.5. The van der Waals surface area contributed by atoms with E-state index in [2.05, 4.69) is 27.8 Å². The van der Waals surface area contributed by atoms with Crippen LogP contribution in [0.1, 0.15) is 54.5 Å². The zero-order chi connectivity index (χ0) is 19.3. The Morgan fingerprint density at radius 2 is 2.07 bits per heavy atom. The molecule has 1 N–H and O–H groups in total. The number of carbonyl (C=O) groups is 1. The van der Waals surface area contributed by atoms with Crippen LogP contribution in [-0.4, -0.2) is 33.4 Å². The molecule has 0 radical (unpaired) electrons. The average Bonchev–Trinajstić information content (AvgIpc) is 3.35. The molecule has 6 heteroatoms. The van der Waals surface area contributed by atoms with Gasteiger partial charge in [-0.15, -0.1) is 11.3 Å². The van der Waals surface area contributed by atoms with E-state index < -0.39 is 0 Å². The molecule has 0 atom stereocenters. The largest absolute Gasteiger partial charge is 0.327 e. The van der Waals surface area contributed by atoms with Crippen molar-refractivity contribution in [1.82, 2.24) is 14.5 Å². The number of hydrogen-bond donors (Lipinski definition) is 1. The van der Waals surface area contributed by atoms with Crippen LogP contribution in [0.4, 0.5) is 5.69 Å². The van der Waals surface area contributed by atoms with Gasteiger partial charge in [0.1, 0.15) is 5.82 Å². The van der Waals surface area contributed by atoms with E-state index in [1.54, 1.807) is 0 Å². The van der Waals surface area contributed by atoms with Crippen molar-refractivity contribution in [1.29, 1.82) is 0 Å². The molecule has 1 aliphatic rings. The Morgan fingerprint density at radius 1 is 1.21 bits per heavy atom. The number of imidazole rings is 1. The number of amides is 1. The van der Waals surface area contributed by atoms with Crippen LogP contribution in [-0.2, 0) is 13.1 Å². The van der Waals surface area contributed by atoms with Gasteiger partial charge >= 0.3 is 0 Å². The van der Waals surface area contributed by atoms with Gasteiger partial charge in [0, 0.05) is 12.2 Å². The summed E-state index contributed by atoms with van der Waals surface area (Å²) < 4.78 is 2.37. The number of likely N-dealkylation sites (tertiary alicyclic amines) is 1. The number of carbonyl (C=O) groups excluding carboxylic acids is 1. The van der Waals surface area contributed by atoms with Gasteiger partial charge in [-0.3, -0.25) is 9.69 Å². The fourth-order valence-electron chi connectivity index (χ4n) is 3.86. The third-order valence-corrected chi connectivity index (χ3v) is 6.25. The summed E-state index contributed by atoms with van der Waals surface area (Å²) in [7, 11) is 0. The number of thiophene rings is 1. The SMILES string of the molecule is CCCCn1c(CN2CCCCC2)nc2cc(NC(=O)c3cccs3)ccc21. The van der Waals surface area contributed by atoms with Gasteiger partial charge in [0.05, 0.1) is 22.5 Å². The number of benzene rings is 1. The van der Waals surface area contributed by atoms with Crippen LogP contribution >= 0.6 is 11.3 Å². The monoisotopic (exact) mass is 396 g/mol. The number of nitrogens with one attached hydrogen (secondary N) is 1. The number of hydrogen-bond acceptors (Lipinski definition) is 4. The Morgan fingerprint density at radius 3 is 2.82 bits per heavy atom.